The van der Waals surface area contributed by atoms with Crippen molar-refractivity contribution in [2.75, 3.05) is 5.32 Å². The van der Waals surface area contributed by atoms with Gasteiger partial charge in [-0.05, 0) is 54.2 Å². The van der Waals surface area contributed by atoms with E-state index in [-0.39, 0.29) is 40.9 Å². The van der Waals surface area contributed by atoms with Crippen LogP contribution in [0.2, 0.25) is 0 Å². The molecule has 0 aromatic heterocycles. The number of fused-ring (bicyclic) bond motifs is 2. The third kappa shape index (κ3) is 2.54. The van der Waals surface area contributed by atoms with Crippen molar-refractivity contribution < 1.29 is 9.59 Å². The van der Waals surface area contributed by atoms with Gasteiger partial charge in [0.05, 0.1) is 11.8 Å². The zero-order chi connectivity index (χ0) is 16.8. The fourth-order valence-corrected chi connectivity index (χ4v) is 4.93. The first-order valence-corrected chi connectivity index (χ1v) is 8.55. The average molecular weight is 314 g/mol. The van der Waals surface area contributed by atoms with E-state index in [0.717, 1.165) is 24.9 Å². The Balaban J connectivity index is 1.81. The lowest BCUT2D eigenvalue weighted by atomic mass is 9.78. The largest absolute Gasteiger partial charge is 0.369 e. The van der Waals surface area contributed by atoms with Crippen LogP contribution in [0.15, 0.2) is 24.3 Å². The number of nitrogens with one attached hydrogen (secondary N) is 1. The van der Waals surface area contributed by atoms with Crippen molar-refractivity contribution in [2.24, 2.45) is 34.8 Å². The molecule has 2 saturated carbocycles. The molecule has 2 amide bonds. The summed E-state index contributed by atoms with van der Waals surface area (Å²) in [5.74, 6) is -0.557. The summed E-state index contributed by atoms with van der Waals surface area (Å²) < 4.78 is 0. The Bertz CT molecular complexity index is 621. The first-order chi connectivity index (χ1) is 10.9. The van der Waals surface area contributed by atoms with Crippen LogP contribution in [0.1, 0.15) is 39.2 Å². The van der Waals surface area contributed by atoms with Crippen molar-refractivity contribution in [2.45, 2.75) is 40.0 Å². The molecule has 124 valence electrons. The highest BCUT2D eigenvalue weighted by molar-refractivity contribution is 5.97. The third-order valence-corrected chi connectivity index (χ3v) is 6.21. The van der Waals surface area contributed by atoms with E-state index >= 15 is 0 Å². The van der Waals surface area contributed by atoms with Crippen LogP contribution in [0.5, 0.6) is 0 Å². The lowest BCUT2D eigenvalue weighted by Gasteiger charge is -2.27. The van der Waals surface area contributed by atoms with Crippen LogP contribution in [0, 0.1) is 29.1 Å². The maximum absolute atomic E-state index is 12.8. The third-order valence-electron chi connectivity index (χ3n) is 6.21. The first-order valence-electron chi connectivity index (χ1n) is 8.55. The van der Waals surface area contributed by atoms with Crippen molar-refractivity contribution in [3.63, 3.8) is 0 Å². The molecule has 4 atom stereocenters. The minimum absolute atomic E-state index is 0.00771. The Morgan fingerprint density at radius 1 is 1.13 bits per heavy atom. The fourth-order valence-electron chi connectivity index (χ4n) is 4.93. The molecule has 1 aromatic rings. The van der Waals surface area contributed by atoms with Gasteiger partial charge in [0.15, 0.2) is 0 Å². The van der Waals surface area contributed by atoms with Gasteiger partial charge in [-0.25, -0.2) is 0 Å². The summed E-state index contributed by atoms with van der Waals surface area (Å²) >= 11 is 0. The molecule has 23 heavy (non-hydrogen) atoms. The molecule has 0 heterocycles. The normalized spacial score (nSPS) is 31.1. The molecule has 2 bridgehead atoms. The summed E-state index contributed by atoms with van der Waals surface area (Å²) in [6.07, 6.45) is 2.98. The van der Waals surface area contributed by atoms with Gasteiger partial charge in [-0.2, -0.15) is 0 Å². The summed E-state index contributed by atoms with van der Waals surface area (Å²) in [6.45, 7) is 6.45. The van der Waals surface area contributed by atoms with E-state index in [9.17, 15) is 9.59 Å². The Morgan fingerprint density at radius 3 is 2.22 bits per heavy atom. The maximum atomic E-state index is 12.8. The number of hydrogen-bond acceptors (Lipinski definition) is 2. The molecular formula is C19H26N2O2. The molecule has 0 saturated heterocycles. The lowest BCUT2D eigenvalue weighted by Crippen LogP contribution is -2.40. The summed E-state index contributed by atoms with van der Waals surface area (Å²) in [6, 6.07) is 7.89. The van der Waals surface area contributed by atoms with E-state index in [4.69, 9.17) is 5.73 Å². The van der Waals surface area contributed by atoms with Crippen LogP contribution in [0.25, 0.3) is 0 Å². The maximum Gasteiger partial charge on any atom is 0.228 e. The molecule has 4 heteroatoms. The van der Waals surface area contributed by atoms with Gasteiger partial charge in [0.1, 0.15) is 0 Å². The number of benzene rings is 1. The van der Waals surface area contributed by atoms with E-state index in [0.29, 0.717) is 0 Å². The van der Waals surface area contributed by atoms with Crippen molar-refractivity contribution in [3.8, 4) is 0 Å². The first kappa shape index (κ1) is 16.0. The summed E-state index contributed by atoms with van der Waals surface area (Å²) in [5.41, 5.74) is 7.68. The SMILES string of the molecule is CCc1ccc(NC(=O)C2C(C(N)=O)C3CCC2C3(C)C)cc1. The molecule has 4 unspecified atom stereocenters. The molecule has 2 aliphatic carbocycles. The van der Waals surface area contributed by atoms with E-state index in [1.807, 2.05) is 24.3 Å². The van der Waals surface area contributed by atoms with Crippen molar-refractivity contribution in [3.05, 3.63) is 29.8 Å². The van der Waals surface area contributed by atoms with Gasteiger partial charge < -0.3 is 11.1 Å². The number of anilines is 1. The highest BCUT2D eigenvalue weighted by Crippen LogP contribution is 2.63. The van der Waals surface area contributed by atoms with Crippen LogP contribution >= 0.6 is 0 Å². The van der Waals surface area contributed by atoms with E-state index in [1.54, 1.807) is 0 Å². The number of hydrogen-bond donors (Lipinski definition) is 2. The molecule has 2 fully saturated rings. The number of aryl methyl sites for hydroxylation is 1. The van der Waals surface area contributed by atoms with Gasteiger partial charge in [0, 0.05) is 5.69 Å². The molecule has 0 radical (unpaired) electrons. The van der Waals surface area contributed by atoms with Gasteiger partial charge in [-0.15, -0.1) is 0 Å². The van der Waals surface area contributed by atoms with E-state index < -0.39 is 0 Å². The number of rotatable bonds is 4. The van der Waals surface area contributed by atoms with Crippen LogP contribution in [0.4, 0.5) is 5.69 Å². The molecule has 3 rings (SSSR count). The van der Waals surface area contributed by atoms with E-state index in [2.05, 4.69) is 26.1 Å². The van der Waals surface area contributed by atoms with Gasteiger partial charge in [-0.1, -0.05) is 32.9 Å². The average Bonchev–Trinajstić information content (AvgIpc) is 2.93. The number of amides is 2. The molecule has 3 N–H and O–H groups in total. The number of primary amides is 1. The van der Waals surface area contributed by atoms with Gasteiger partial charge in [-0.3, -0.25) is 9.59 Å². The Hall–Kier alpha value is -1.84. The highest BCUT2D eigenvalue weighted by Gasteiger charge is 2.62. The zero-order valence-electron chi connectivity index (χ0n) is 14.1. The molecule has 0 spiro atoms. The Kier molecular flexibility index (Phi) is 3.95. The lowest BCUT2D eigenvalue weighted by molar-refractivity contribution is -0.132. The molecule has 0 aliphatic heterocycles. The van der Waals surface area contributed by atoms with Crippen LogP contribution in [0.3, 0.4) is 0 Å². The molecule has 4 nitrogen and oxygen atoms in total. The van der Waals surface area contributed by atoms with Crippen molar-refractivity contribution >= 4 is 17.5 Å². The number of carbonyl (C=O) groups is 2. The topological polar surface area (TPSA) is 72.2 Å². The minimum atomic E-state index is -0.335. The van der Waals surface area contributed by atoms with Gasteiger partial charge >= 0.3 is 0 Å². The number of carbonyl (C=O) groups excluding carboxylic acids is 2. The van der Waals surface area contributed by atoms with Gasteiger partial charge in [0.25, 0.3) is 0 Å². The monoisotopic (exact) mass is 314 g/mol. The quantitative estimate of drug-likeness (QED) is 0.897. The predicted octanol–water partition coefficient (Wildman–Crippen LogP) is 2.97. The predicted molar refractivity (Wildman–Crippen MR) is 90.6 cm³/mol. The second-order valence-electron chi connectivity index (χ2n) is 7.61. The van der Waals surface area contributed by atoms with Crippen molar-refractivity contribution in [1.82, 2.24) is 0 Å². The molecule has 1 aromatic carbocycles. The van der Waals surface area contributed by atoms with Crippen LogP contribution < -0.4 is 11.1 Å². The Morgan fingerprint density at radius 2 is 1.70 bits per heavy atom. The standard InChI is InChI=1S/C19H26N2O2/c1-4-11-5-7-12(8-6-11)21-18(23)16-14-10-9-13(19(14,2)3)15(16)17(20)22/h5-8,13-16H,4,9-10H2,1-3H3,(H2,20,22)(H,21,23). The molecular weight excluding hydrogens is 288 g/mol. The second kappa shape index (κ2) is 5.66. The van der Waals surface area contributed by atoms with E-state index in [1.165, 1.54) is 5.56 Å². The highest BCUT2D eigenvalue weighted by atomic mass is 16.2. The summed E-state index contributed by atoms with van der Waals surface area (Å²) in [4.78, 5) is 24.8. The Labute approximate surface area is 137 Å². The van der Waals surface area contributed by atoms with Crippen LogP contribution in [-0.4, -0.2) is 11.8 Å². The zero-order valence-corrected chi connectivity index (χ0v) is 14.1. The summed E-state index contributed by atoms with van der Waals surface area (Å²) in [7, 11) is 0. The summed E-state index contributed by atoms with van der Waals surface area (Å²) in [5, 5.41) is 3.00. The molecule has 2 aliphatic rings. The smallest absolute Gasteiger partial charge is 0.228 e. The second-order valence-corrected chi connectivity index (χ2v) is 7.61. The van der Waals surface area contributed by atoms with Gasteiger partial charge in [0.2, 0.25) is 11.8 Å². The minimum Gasteiger partial charge on any atom is -0.369 e. The fraction of sp³-hybridized carbons (Fsp3) is 0.579. The van der Waals surface area contributed by atoms with Crippen LogP contribution in [-0.2, 0) is 16.0 Å². The van der Waals surface area contributed by atoms with Crippen molar-refractivity contribution in [1.29, 1.82) is 0 Å². The number of nitrogens with two attached hydrogens (primary N) is 1.